The number of rotatable bonds is 4. The van der Waals surface area contributed by atoms with Crippen LogP contribution in [0.25, 0.3) is 0 Å². The van der Waals surface area contributed by atoms with Crippen LogP contribution in [0, 0.1) is 0 Å². The Morgan fingerprint density at radius 2 is 1.65 bits per heavy atom. The second kappa shape index (κ2) is 13.8. The molecule has 0 saturated heterocycles. The van der Waals surface area contributed by atoms with Crippen molar-refractivity contribution in [3.63, 3.8) is 0 Å². The van der Waals surface area contributed by atoms with Gasteiger partial charge < -0.3 is 25.0 Å². The summed E-state index contributed by atoms with van der Waals surface area (Å²) in [6.45, 7) is 4.41. The summed E-state index contributed by atoms with van der Waals surface area (Å²) in [7, 11) is 3.48. The number of halogens is 6. The number of imidazole rings is 1. The van der Waals surface area contributed by atoms with E-state index in [9.17, 15) is 31.1 Å². The van der Waals surface area contributed by atoms with Crippen LogP contribution in [0.5, 0.6) is 0 Å². The molecule has 0 aromatic carbocycles. The SMILES string of the molecule is CN(C)C(=O)NCc1ncn2c1CN(Cc1cccs1)CCC2.O=C(O)C(F)(F)F.O=C(O)C(F)(F)F. The Labute approximate surface area is 211 Å². The lowest BCUT2D eigenvalue weighted by Gasteiger charge is -2.19. The normalized spacial score (nSPS) is 13.6. The van der Waals surface area contributed by atoms with E-state index in [1.54, 1.807) is 25.4 Å². The molecular formula is C20H25F6N5O5S. The Morgan fingerprint density at radius 3 is 2.11 bits per heavy atom. The molecular weight excluding hydrogens is 536 g/mol. The molecule has 0 unspecified atom stereocenters. The van der Waals surface area contributed by atoms with Gasteiger partial charge in [0.2, 0.25) is 0 Å². The molecule has 3 heterocycles. The molecule has 208 valence electrons. The molecule has 1 aliphatic heterocycles. The van der Waals surface area contributed by atoms with Crippen LogP contribution < -0.4 is 5.32 Å². The smallest absolute Gasteiger partial charge is 0.475 e. The van der Waals surface area contributed by atoms with E-state index in [1.165, 1.54) is 15.5 Å². The third-order valence-electron chi connectivity index (χ3n) is 4.54. The minimum Gasteiger partial charge on any atom is -0.475 e. The molecule has 37 heavy (non-hydrogen) atoms. The average Bonchev–Trinajstić information content (AvgIpc) is 3.37. The van der Waals surface area contributed by atoms with E-state index >= 15 is 0 Å². The van der Waals surface area contributed by atoms with Crippen molar-refractivity contribution in [1.82, 2.24) is 24.7 Å². The fourth-order valence-corrected chi connectivity index (χ4v) is 3.55. The second-order valence-corrected chi connectivity index (χ2v) is 8.67. The second-order valence-electron chi connectivity index (χ2n) is 7.63. The lowest BCUT2D eigenvalue weighted by Crippen LogP contribution is -2.34. The van der Waals surface area contributed by atoms with Gasteiger partial charge in [-0.3, -0.25) is 4.90 Å². The molecule has 0 atom stereocenters. The zero-order chi connectivity index (χ0) is 28.4. The molecule has 17 heteroatoms. The predicted octanol–water partition coefficient (Wildman–Crippen LogP) is 3.39. The number of amides is 2. The Balaban J connectivity index is 0.000000404. The van der Waals surface area contributed by atoms with Gasteiger partial charge in [0.05, 0.1) is 24.3 Å². The summed E-state index contributed by atoms with van der Waals surface area (Å²) < 4.78 is 65.7. The molecule has 0 bridgehead atoms. The number of carboxylic acids is 2. The van der Waals surface area contributed by atoms with E-state index in [4.69, 9.17) is 19.8 Å². The van der Waals surface area contributed by atoms with Gasteiger partial charge in [-0.2, -0.15) is 26.3 Å². The van der Waals surface area contributed by atoms with Crippen molar-refractivity contribution in [2.75, 3.05) is 20.6 Å². The van der Waals surface area contributed by atoms with Crippen LogP contribution in [0.3, 0.4) is 0 Å². The van der Waals surface area contributed by atoms with E-state index in [-0.39, 0.29) is 6.03 Å². The molecule has 0 aliphatic carbocycles. The molecule has 0 fully saturated rings. The first-order chi connectivity index (χ1) is 17.0. The number of nitrogens with zero attached hydrogens (tertiary/aromatic N) is 4. The lowest BCUT2D eigenvalue weighted by atomic mass is 10.3. The monoisotopic (exact) mass is 561 g/mol. The van der Waals surface area contributed by atoms with Gasteiger partial charge in [-0.05, 0) is 17.9 Å². The van der Waals surface area contributed by atoms with Crippen LogP contribution in [-0.2, 0) is 35.8 Å². The van der Waals surface area contributed by atoms with Gasteiger partial charge in [0.15, 0.2) is 0 Å². The lowest BCUT2D eigenvalue weighted by molar-refractivity contribution is -0.193. The Bertz CT molecular complexity index is 1000. The molecule has 0 radical (unpaired) electrons. The molecule has 2 amide bonds. The van der Waals surface area contributed by atoms with Crippen molar-refractivity contribution in [1.29, 1.82) is 0 Å². The number of thiophene rings is 1. The number of aryl methyl sites for hydroxylation is 1. The van der Waals surface area contributed by atoms with E-state index in [2.05, 4.69) is 37.3 Å². The van der Waals surface area contributed by atoms with Crippen molar-refractivity contribution in [3.8, 4) is 0 Å². The minimum atomic E-state index is -5.08. The number of carboxylic acid groups (broad SMARTS) is 2. The number of carbonyl (C=O) groups excluding carboxylic acids is 1. The van der Waals surface area contributed by atoms with Gasteiger partial charge in [0, 0.05) is 45.2 Å². The maximum atomic E-state index is 11.7. The fourth-order valence-electron chi connectivity index (χ4n) is 2.80. The minimum absolute atomic E-state index is 0.0872. The first-order valence-electron chi connectivity index (χ1n) is 10.3. The number of urea groups is 1. The largest absolute Gasteiger partial charge is 0.490 e. The maximum absolute atomic E-state index is 11.7. The number of fused-ring (bicyclic) bond motifs is 1. The quantitative estimate of drug-likeness (QED) is 0.489. The fraction of sp³-hybridized carbons (Fsp3) is 0.500. The number of hydrogen-bond donors (Lipinski definition) is 3. The van der Waals surface area contributed by atoms with Gasteiger partial charge in [0.25, 0.3) is 0 Å². The number of alkyl halides is 6. The molecule has 2 aromatic rings. The predicted molar refractivity (Wildman–Crippen MR) is 119 cm³/mol. The first-order valence-corrected chi connectivity index (χ1v) is 11.2. The van der Waals surface area contributed by atoms with Crippen LogP contribution in [0.15, 0.2) is 23.8 Å². The third kappa shape index (κ3) is 11.5. The van der Waals surface area contributed by atoms with Crippen LogP contribution >= 0.6 is 11.3 Å². The number of aliphatic carboxylic acids is 2. The van der Waals surface area contributed by atoms with Gasteiger partial charge in [0.1, 0.15) is 0 Å². The third-order valence-corrected chi connectivity index (χ3v) is 5.40. The highest BCUT2D eigenvalue weighted by Crippen LogP contribution is 2.20. The van der Waals surface area contributed by atoms with Gasteiger partial charge >= 0.3 is 30.3 Å². The van der Waals surface area contributed by atoms with E-state index in [0.29, 0.717) is 6.54 Å². The zero-order valence-corrected chi connectivity index (χ0v) is 20.5. The van der Waals surface area contributed by atoms with E-state index < -0.39 is 24.3 Å². The highest BCUT2D eigenvalue weighted by atomic mass is 32.1. The molecule has 2 aromatic heterocycles. The number of aromatic nitrogens is 2. The topological polar surface area (TPSA) is 128 Å². The summed E-state index contributed by atoms with van der Waals surface area (Å²) in [5, 5.41) is 19.3. The molecule has 10 nitrogen and oxygen atoms in total. The first kappa shape index (κ1) is 31.7. The summed E-state index contributed by atoms with van der Waals surface area (Å²) in [5.74, 6) is -5.51. The van der Waals surface area contributed by atoms with Crippen LogP contribution in [0.1, 0.15) is 22.7 Å². The maximum Gasteiger partial charge on any atom is 0.490 e. The van der Waals surface area contributed by atoms with E-state index in [1.807, 2.05) is 6.33 Å². The molecule has 3 rings (SSSR count). The van der Waals surface area contributed by atoms with Crippen molar-refractivity contribution >= 4 is 29.3 Å². The van der Waals surface area contributed by atoms with Crippen molar-refractivity contribution in [2.45, 2.75) is 45.0 Å². The Hall–Kier alpha value is -3.34. The highest BCUT2D eigenvalue weighted by molar-refractivity contribution is 7.09. The summed E-state index contributed by atoms with van der Waals surface area (Å²) in [6, 6.07) is 4.20. The van der Waals surface area contributed by atoms with Crippen LogP contribution in [-0.4, -0.2) is 80.5 Å². The van der Waals surface area contributed by atoms with Crippen LogP contribution in [0.4, 0.5) is 31.1 Å². The average molecular weight is 562 g/mol. The van der Waals surface area contributed by atoms with Gasteiger partial charge in [-0.1, -0.05) is 6.07 Å². The van der Waals surface area contributed by atoms with Crippen LogP contribution in [0.2, 0.25) is 0 Å². The van der Waals surface area contributed by atoms with E-state index in [0.717, 1.165) is 38.3 Å². The zero-order valence-electron chi connectivity index (χ0n) is 19.6. The van der Waals surface area contributed by atoms with Crippen molar-refractivity contribution in [2.24, 2.45) is 0 Å². The Kier molecular flexibility index (Phi) is 11.8. The molecule has 3 N–H and O–H groups in total. The Morgan fingerprint density at radius 1 is 1.08 bits per heavy atom. The van der Waals surface area contributed by atoms with Crippen molar-refractivity contribution in [3.05, 3.63) is 40.1 Å². The highest BCUT2D eigenvalue weighted by Gasteiger charge is 2.38. The van der Waals surface area contributed by atoms with Gasteiger partial charge in [-0.15, -0.1) is 11.3 Å². The number of carbonyl (C=O) groups is 3. The summed E-state index contributed by atoms with van der Waals surface area (Å²) in [4.78, 5) is 39.4. The molecule has 0 saturated carbocycles. The molecule has 1 aliphatic rings. The molecule has 0 spiro atoms. The number of hydrogen-bond acceptors (Lipinski definition) is 6. The van der Waals surface area contributed by atoms with Gasteiger partial charge in [-0.25, -0.2) is 19.4 Å². The summed E-state index contributed by atoms with van der Waals surface area (Å²) in [5.41, 5.74) is 2.19. The summed E-state index contributed by atoms with van der Waals surface area (Å²) in [6.07, 6.45) is -7.14. The standard InChI is InChI=1S/C16H23N5OS.2C2HF3O2/c1-19(2)16(22)17-9-14-15-11-20(10-13-5-3-8-23-13)6-4-7-21(15)12-18-14;2*3-2(4,5)1(6)7/h3,5,8,12H,4,6-7,9-11H2,1-2H3,(H,17,22);2*(H,6,7). The number of nitrogens with one attached hydrogen (secondary N) is 1. The summed E-state index contributed by atoms with van der Waals surface area (Å²) >= 11 is 1.80. The van der Waals surface area contributed by atoms with Crippen molar-refractivity contribution < 1.29 is 50.9 Å².